The summed E-state index contributed by atoms with van der Waals surface area (Å²) in [4.78, 5) is 4.05. The fraction of sp³-hybridized carbons (Fsp3) is 0.312. The topological polar surface area (TPSA) is 68.3 Å². The zero-order valence-electron chi connectivity index (χ0n) is 12.7. The van der Waals surface area contributed by atoms with E-state index in [-0.39, 0.29) is 18.2 Å². The van der Waals surface area contributed by atoms with Crippen molar-refractivity contribution >= 4 is 10.0 Å². The normalized spacial score (nSPS) is 12.8. The third-order valence-corrected chi connectivity index (χ3v) is 4.86. The third-order valence-electron chi connectivity index (χ3n) is 3.34. The summed E-state index contributed by atoms with van der Waals surface area (Å²) < 4.78 is 31.9. The highest BCUT2D eigenvalue weighted by atomic mass is 32.2. The Kier molecular flexibility index (Phi) is 5.51. The summed E-state index contributed by atoms with van der Waals surface area (Å²) in [6, 6.07) is 13.1. The van der Waals surface area contributed by atoms with E-state index in [0.717, 1.165) is 11.1 Å². The van der Waals surface area contributed by atoms with Crippen molar-refractivity contribution < 1.29 is 13.2 Å². The zero-order valence-corrected chi connectivity index (χ0v) is 13.5. The predicted molar refractivity (Wildman–Crippen MR) is 86.3 cm³/mol. The quantitative estimate of drug-likeness (QED) is 0.850. The highest BCUT2D eigenvalue weighted by molar-refractivity contribution is 7.89. The summed E-state index contributed by atoms with van der Waals surface area (Å²) in [5, 5.41) is 0. The van der Waals surface area contributed by atoms with Crippen LogP contribution in [0.15, 0.2) is 48.7 Å². The number of benzene rings is 1. The van der Waals surface area contributed by atoms with Crippen molar-refractivity contribution in [3.05, 3.63) is 59.8 Å². The number of rotatable bonds is 7. The lowest BCUT2D eigenvalue weighted by atomic mass is 10.0. The molecule has 0 aliphatic carbocycles. The van der Waals surface area contributed by atoms with Crippen LogP contribution < -0.4 is 9.46 Å². The number of sulfonamides is 1. The van der Waals surface area contributed by atoms with E-state index in [4.69, 9.17) is 4.74 Å². The Morgan fingerprint density at radius 2 is 1.91 bits per heavy atom. The molecule has 2 aromatic rings. The van der Waals surface area contributed by atoms with Gasteiger partial charge < -0.3 is 4.74 Å². The third kappa shape index (κ3) is 4.82. The molecule has 1 aromatic heterocycles. The molecule has 22 heavy (non-hydrogen) atoms. The van der Waals surface area contributed by atoms with Crippen molar-refractivity contribution in [1.29, 1.82) is 0 Å². The maximum Gasteiger partial charge on any atom is 0.212 e. The Morgan fingerprint density at radius 3 is 2.50 bits per heavy atom. The molecule has 0 saturated carbocycles. The average Bonchev–Trinajstić information content (AvgIpc) is 2.54. The Hall–Kier alpha value is -1.92. The van der Waals surface area contributed by atoms with Gasteiger partial charge in [0.15, 0.2) is 0 Å². The van der Waals surface area contributed by atoms with Gasteiger partial charge in [-0.25, -0.2) is 18.1 Å². The van der Waals surface area contributed by atoms with Crippen LogP contribution >= 0.6 is 0 Å². The molecule has 1 N–H and O–H groups in total. The molecule has 0 fully saturated rings. The molecule has 1 atom stereocenters. The number of hydrogen-bond donors (Lipinski definition) is 1. The first-order valence-electron chi connectivity index (χ1n) is 7.01. The monoisotopic (exact) mass is 320 g/mol. The van der Waals surface area contributed by atoms with E-state index >= 15 is 0 Å². The molecule has 0 aliphatic heterocycles. The first kappa shape index (κ1) is 16.5. The molecule has 0 amide bonds. The second-order valence-corrected chi connectivity index (χ2v) is 6.97. The second-order valence-electron chi connectivity index (χ2n) is 5.12. The SMILES string of the molecule is COc1ccc(CNS(=O)(=O)C[C@@H](C)c2ccccc2)cn1. The van der Waals surface area contributed by atoms with Gasteiger partial charge in [0.25, 0.3) is 0 Å². The maximum atomic E-state index is 12.2. The molecule has 0 radical (unpaired) electrons. The standard InChI is InChI=1S/C16H20N2O3S/c1-13(15-6-4-3-5-7-15)12-22(19,20)18-11-14-8-9-16(21-2)17-10-14/h3-10,13,18H,11-12H2,1-2H3/t13-/m1/s1. The Bertz CT molecular complexity index is 685. The summed E-state index contributed by atoms with van der Waals surface area (Å²) in [6.45, 7) is 2.13. The fourth-order valence-corrected chi connectivity index (χ4v) is 3.45. The predicted octanol–water partition coefficient (Wildman–Crippen LogP) is 2.31. The van der Waals surface area contributed by atoms with Crippen LogP contribution in [-0.2, 0) is 16.6 Å². The second kappa shape index (κ2) is 7.38. The van der Waals surface area contributed by atoms with E-state index in [1.54, 1.807) is 18.3 Å². The lowest BCUT2D eigenvalue weighted by molar-refractivity contribution is 0.397. The molecule has 0 bridgehead atoms. The van der Waals surface area contributed by atoms with Crippen LogP contribution in [0.2, 0.25) is 0 Å². The van der Waals surface area contributed by atoms with E-state index in [0.29, 0.717) is 5.88 Å². The zero-order chi connectivity index (χ0) is 16.0. The highest BCUT2D eigenvalue weighted by Crippen LogP contribution is 2.16. The van der Waals surface area contributed by atoms with Gasteiger partial charge in [0, 0.05) is 18.8 Å². The Balaban J connectivity index is 1.93. The van der Waals surface area contributed by atoms with Crippen molar-refractivity contribution in [2.45, 2.75) is 19.4 Å². The van der Waals surface area contributed by atoms with Crippen LogP contribution in [0.1, 0.15) is 24.0 Å². The van der Waals surface area contributed by atoms with E-state index in [1.165, 1.54) is 7.11 Å². The minimum atomic E-state index is -3.35. The number of nitrogens with one attached hydrogen (secondary N) is 1. The number of nitrogens with zero attached hydrogens (tertiary/aromatic N) is 1. The van der Waals surface area contributed by atoms with Crippen molar-refractivity contribution in [3.8, 4) is 5.88 Å². The molecular formula is C16H20N2O3S. The summed E-state index contributed by atoms with van der Waals surface area (Å²) in [5.41, 5.74) is 1.80. The summed E-state index contributed by atoms with van der Waals surface area (Å²) in [7, 11) is -1.81. The van der Waals surface area contributed by atoms with Gasteiger partial charge >= 0.3 is 0 Å². The van der Waals surface area contributed by atoms with Crippen molar-refractivity contribution in [2.24, 2.45) is 0 Å². The van der Waals surface area contributed by atoms with Gasteiger partial charge in [-0.05, 0) is 17.0 Å². The van der Waals surface area contributed by atoms with Crippen LogP contribution in [0.25, 0.3) is 0 Å². The van der Waals surface area contributed by atoms with Gasteiger partial charge in [-0.2, -0.15) is 0 Å². The van der Waals surface area contributed by atoms with Gasteiger partial charge in [0.2, 0.25) is 15.9 Å². The largest absolute Gasteiger partial charge is 0.481 e. The molecule has 0 saturated heterocycles. The first-order valence-corrected chi connectivity index (χ1v) is 8.66. The van der Waals surface area contributed by atoms with Crippen molar-refractivity contribution in [2.75, 3.05) is 12.9 Å². The minimum Gasteiger partial charge on any atom is -0.481 e. The summed E-state index contributed by atoms with van der Waals surface area (Å²) in [5.74, 6) is 0.498. The van der Waals surface area contributed by atoms with Crippen LogP contribution in [0.4, 0.5) is 0 Å². The van der Waals surface area contributed by atoms with Crippen LogP contribution in [0.5, 0.6) is 5.88 Å². The number of methoxy groups -OCH3 is 1. The van der Waals surface area contributed by atoms with E-state index in [9.17, 15) is 8.42 Å². The van der Waals surface area contributed by atoms with E-state index in [2.05, 4.69) is 9.71 Å². The van der Waals surface area contributed by atoms with Gasteiger partial charge in [-0.15, -0.1) is 0 Å². The summed E-state index contributed by atoms with van der Waals surface area (Å²) in [6.07, 6.45) is 1.60. The molecule has 2 rings (SSSR count). The average molecular weight is 320 g/mol. The van der Waals surface area contributed by atoms with Gasteiger partial charge in [-0.3, -0.25) is 0 Å². The number of hydrogen-bond acceptors (Lipinski definition) is 4. The number of aromatic nitrogens is 1. The van der Waals surface area contributed by atoms with Crippen LogP contribution in [0, 0.1) is 0 Å². The molecule has 0 unspecified atom stereocenters. The van der Waals surface area contributed by atoms with E-state index in [1.807, 2.05) is 37.3 Å². The molecular weight excluding hydrogens is 300 g/mol. The molecule has 0 spiro atoms. The highest BCUT2D eigenvalue weighted by Gasteiger charge is 2.16. The lowest BCUT2D eigenvalue weighted by Gasteiger charge is -2.13. The lowest BCUT2D eigenvalue weighted by Crippen LogP contribution is -2.28. The Morgan fingerprint density at radius 1 is 1.18 bits per heavy atom. The molecule has 6 heteroatoms. The fourth-order valence-electron chi connectivity index (χ4n) is 2.10. The van der Waals surface area contributed by atoms with Crippen molar-refractivity contribution in [3.63, 3.8) is 0 Å². The van der Waals surface area contributed by atoms with Gasteiger partial charge in [0.1, 0.15) is 0 Å². The molecule has 118 valence electrons. The summed E-state index contributed by atoms with van der Waals surface area (Å²) >= 11 is 0. The van der Waals surface area contributed by atoms with Gasteiger partial charge in [0.05, 0.1) is 12.9 Å². The Labute approximate surface area is 131 Å². The molecule has 1 heterocycles. The minimum absolute atomic E-state index is 0.0561. The molecule has 5 nitrogen and oxygen atoms in total. The first-order chi connectivity index (χ1) is 10.5. The number of pyridine rings is 1. The smallest absolute Gasteiger partial charge is 0.212 e. The van der Waals surface area contributed by atoms with Crippen molar-refractivity contribution in [1.82, 2.24) is 9.71 Å². The van der Waals surface area contributed by atoms with Crippen LogP contribution in [0.3, 0.4) is 0 Å². The number of ether oxygens (including phenoxy) is 1. The molecule has 1 aromatic carbocycles. The van der Waals surface area contributed by atoms with Crippen LogP contribution in [-0.4, -0.2) is 26.3 Å². The van der Waals surface area contributed by atoms with E-state index < -0.39 is 10.0 Å². The maximum absolute atomic E-state index is 12.2. The molecule has 0 aliphatic rings. The van der Waals surface area contributed by atoms with Gasteiger partial charge in [-0.1, -0.05) is 43.3 Å².